The van der Waals surface area contributed by atoms with Crippen molar-refractivity contribution in [1.29, 1.82) is 0 Å². The van der Waals surface area contributed by atoms with Gasteiger partial charge in [-0.2, -0.15) is 0 Å². The van der Waals surface area contributed by atoms with Gasteiger partial charge in [-0.25, -0.2) is 0 Å². The maximum absolute atomic E-state index is 13.6. The summed E-state index contributed by atoms with van der Waals surface area (Å²) in [5, 5.41) is 11.2. The van der Waals surface area contributed by atoms with E-state index in [-0.39, 0.29) is 27.7 Å². The minimum absolute atomic E-state index is 0.0231. The molecule has 0 bridgehead atoms. The zero-order valence-electron chi connectivity index (χ0n) is 33.5. The number of amides is 3. The second kappa shape index (κ2) is 19.8. The summed E-state index contributed by atoms with van der Waals surface area (Å²) in [6, 6.07) is 51.3. The first-order valence-electron chi connectivity index (χ1n) is 20.8. The van der Waals surface area contributed by atoms with E-state index in [4.69, 9.17) is 9.47 Å². The van der Waals surface area contributed by atoms with Crippen molar-refractivity contribution in [3.05, 3.63) is 191 Å². The molecule has 2 unspecified atom stereocenters. The van der Waals surface area contributed by atoms with Gasteiger partial charge in [0.25, 0.3) is 0 Å². The first-order valence-corrected chi connectivity index (χ1v) is 23.5. The number of nitrogens with one attached hydrogen (secondary N) is 3. The van der Waals surface area contributed by atoms with E-state index < -0.39 is 30.4 Å². The number of unbranched alkanes of at least 4 members (excludes halogenated alkanes) is 2. The molecule has 0 aliphatic heterocycles. The summed E-state index contributed by atoms with van der Waals surface area (Å²) < 4.78 is 12.2. The van der Waals surface area contributed by atoms with Gasteiger partial charge in [0.2, 0.25) is 0 Å². The zero-order valence-corrected chi connectivity index (χ0v) is 35.3. The Morgan fingerprint density at radius 3 is 1.43 bits per heavy atom. The monoisotopic (exact) mass is 858 g/mol. The van der Waals surface area contributed by atoms with E-state index in [1.54, 1.807) is 0 Å². The molecule has 9 heteroatoms. The number of fused-ring (bicyclic) bond motifs is 6. The number of ether oxygens (including phenoxy) is 2. The number of carbonyl (C=O) groups is 3. The van der Waals surface area contributed by atoms with E-state index in [1.807, 2.05) is 133 Å². The number of alkyl carbamates (subject to hydrolysis) is 2. The van der Waals surface area contributed by atoms with Crippen molar-refractivity contribution < 1.29 is 23.9 Å². The summed E-state index contributed by atoms with van der Waals surface area (Å²) in [7, 11) is 0. The average Bonchev–Trinajstić information content (AvgIpc) is 3.76. The predicted molar refractivity (Wildman–Crippen MR) is 237 cm³/mol. The molecule has 0 saturated heterocycles. The molecule has 303 valence electrons. The molecule has 3 N–H and O–H groups in total. The van der Waals surface area contributed by atoms with Crippen LogP contribution in [0.1, 0.15) is 64.9 Å². The summed E-state index contributed by atoms with van der Waals surface area (Å²) in [5.41, 5.74) is 10.3. The second-order valence-electron chi connectivity index (χ2n) is 15.3. The Balaban J connectivity index is 0.804. The van der Waals surface area contributed by atoms with Crippen molar-refractivity contribution in [3.8, 4) is 22.3 Å². The van der Waals surface area contributed by atoms with Gasteiger partial charge in [-0.15, -0.1) is 0 Å². The fourth-order valence-corrected chi connectivity index (χ4v) is 10.7. The fourth-order valence-electron chi connectivity index (χ4n) is 8.29. The van der Waals surface area contributed by atoms with E-state index >= 15 is 0 Å². The van der Waals surface area contributed by atoms with Gasteiger partial charge in [0.05, 0.1) is 0 Å². The summed E-state index contributed by atoms with van der Waals surface area (Å²) in [4.78, 5) is 40.5. The van der Waals surface area contributed by atoms with Crippen LogP contribution in [0.25, 0.3) is 22.3 Å². The number of benzene rings is 6. The Morgan fingerprint density at radius 2 is 0.933 bits per heavy atom. The van der Waals surface area contributed by atoms with Crippen LogP contribution in [0.15, 0.2) is 158 Å². The van der Waals surface area contributed by atoms with Crippen LogP contribution < -0.4 is 16.0 Å². The first kappa shape index (κ1) is 40.7. The van der Waals surface area contributed by atoms with Gasteiger partial charge in [0.1, 0.15) is 0 Å². The maximum atomic E-state index is 13.6. The van der Waals surface area contributed by atoms with E-state index in [0.29, 0.717) is 13.0 Å². The van der Waals surface area contributed by atoms with E-state index in [0.717, 1.165) is 86.2 Å². The van der Waals surface area contributed by atoms with E-state index in [1.165, 1.54) is 5.56 Å². The minimum atomic E-state index is -0.796. The quantitative estimate of drug-likeness (QED) is 0.0626. The van der Waals surface area contributed by atoms with Crippen LogP contribution in [0.2, 0.25) is 10.4 Å². The van der Waals surface area contributed by atoms with Crippen molar-refractivity contribution in [2.24, 2.45) is 0 Å². The van der Waals surface area contributed by atoms with Crippen LogP contribution in [0.3, 0.4) is 0 Å². The molecule has 2 atom stereocenters. The molecule has 3 amide bonds. The van der Waals surface area contributed by atoms with Gasteiger partial charge in [0, 0.05) is 11.1 Å². The molecule has 8 nitrogen and oxygen atoms in total. The summed E-state index contributed by atoms with van der Waals surface area (Å²) in [6.45, 7) is 0.512. The number of hydrogen-bond donors (Lipinski definition) is 3. The molecule has 6 aromatic rings. The Labute approximate surface area is 358 Å². The molecule has 0 saturated carbocycles. The summed E-state index contributed by atoms with van der Waals surface area (Å²) >= 11 is -0.0231. The van der Waals surface area contributed by atoms with E-state index in [9.17, 15) is 14.4 Å². The number of hydrogen-bond acceptors (Lipinski definition) is 5. The van der Waals surface area contributed by atoms with Crippen LogP contribution in [-0.4, -0.2) is 52.5 Å². The topological polar surface area (TPSA) is 106 Å². The number of rotatable bonds is 17. The molecule has 0 spiro atoms. The van der Waals surface area contributed by atoms with Crippen molar-refractivity contribution in [2.45, 2.75) is 66.8 Å². The van der Waals surface area contributed by atoms with Crippen molar-refractivity contribution in [2.75, 3.05) is 6.54 Å². The van der Waals surface area contributed by atoms with Crippen molar-refractivity contribution >= 4 is 33.8 Å². The van der Waals surface area contributed by atoms with Gasteiger partial charge >= 0.3 is 284 Å². The standard InChI is InChI=1S/C51H49AsN3O5/c56-49(46(33-36-20-6-2-7-21-36)55-51(58)60-48-44-28-14-10-24-40(44)41-25-11-15-29-45(41)48)53-31-17-3-16-30-52-34-37(32-35-18-4-1-5-19-35)54-50(57)59-47-42-26-12-8-22-38(42)39-23-9-13-27-43(39)47/h1-2,4-15,18-29,37,46-48H,3,16-17,30-34H2,(H,53,56)(H,54,57)(H,55,58). The van der Waals surface area contributed by atoms with E-state index in [2.05, 4.69) is 40.2 Å². The van der Waals surface area contributed by atoms with Crippen molar-refractivity contribution in [3.63, 3.8) is 0 Å². The van der Waals surface area contributed by atoms with Crippen LogP contribution in [0, 0.1) is 0 Å². The molecule has 2 aliphatic carbocycles. The Kier molecular flexibility index (Phi) is 13.4. The molecular weight excluding hydrogens is 809 g/mol. The van der Waals surface area contributed by atoms with Gasteiger partial charge < -0.3 is 0 Å². The van der Waals surface area contributed by atoms with Crippen LogP contribution in [-0.2, 0) is 27.1 Å². The van der Waals surface area contributed by atoms with Crippen molar-refractivity contribution in [1.82, 2.24) is 16.0 Å². The zero-order chi connectivity index (χ0) is 41.1. The Bertz CT molecular complexity index is 2320. The fraction of sp³-hybridized carbons (Fsp3) is 0.235. The summed E-state index contributed by atoms with van der Waals surface area (Å²) in [5.74, 6) is -0.236. The van der Waals surface area contributed by atoms with Crippen LogP contribution >= 0.6 is 0 Å². The average molecular weight is 859 g/mol. The molecule has 1 radical (unpaired) electrons. The van der Waals surface area contributed by atoms with Gasteiger partial charge in [-0.05, 0) is 11.1 Å². The third-order valence-electron chi connectivity index (χ3n) is 11.2. The first-order chi connectivity index (χ1) is 29.5. The molecule has 0 heterocycles. The Morgan fingerprint density at radius 1 is 0.500 bits per heavy atom. The van der Waals surface area contributed by atoms with Crippen LogP contribution in [0.5, 0.6) is 0 Å². The normalized spacial score (nSPS) is 13.7. The molecule has 2 aliphatic rings. The second-order valence-corrected chi connectivity index (χ2v) is 18.0. The number of carbonyl (C=O) groups excluding carboxylic acids is 3. The third-order valence-corrected chi connectivity index (χ3v) is 14.0. The van der Waals surface area contributed by atoms with Crippen LogP contribution in [0.4, 0.5) is 9.59 Å². The Hall–Kier alpha value is -6.11. The SMILES string of the molecule is O=C(NC(C[As]CCCCCNC(=O)C(Cc1ccccc1)NC(=O)OC1c2ccccc2-c2ccccc21)Cc1ccccc1)OC1c2ccccc2-c2ccccc21. The predicted octanol–water partition coefficient (Wildman–Crippen LogP) is 10.0. The molecule has 0 fully saturated rings. The molecule has 60 heavy (non-hydrogen) atoms. The van der Waals surface area contributed by atoms with Gasteiger partial charge in [-0.1, -0.05) is 54.6 Å². The third kappa shape index (κ3) is 9.83. The molecular formula is C51H49AsN3O5. The molecule has 8 rings (SSSR count). The van der Waals surface area contributed by atoms with Gasteiger partial charge in [0.15, 0.2) is 0 Å². The molecule has 0 aromatic heterocycles. The van der Waals surface area contributed by atoms with Gasteiger partial charge in [-0.3, -0.25) is 0 Å². The summed E-state index contributed by atoms with van der Waals surface area (Å²) in [6.07, 6.45) is 1.90. The molecule has 6 aromatic carbocycles.